The molecule has 1 aliphatic carbocycles. The molecule has 0 bridgehead atoms. The van der Waals surface area contributed by atoms with Crippen molar-refractivity contribution in [2.75, 3.05) is 13.2 Å². The molecule has 0 amide bonds. The summed E-state index contributed by atoms with van der Waals surface area (Å²) in [4.78, 5) is 0. The zero-order valence-corrected chi connectivity index (χ0v) is 9.33. The van der Waals surface area contributed by atoms with Crippen molar-refractivity contribution < 1.29 is 4.74 Å². The van der Waals surface area contributed by atoms with Crippen molar-refractivity contribution in [3.63, 3.8) is 0 Å². The third-order valence-electron chi connectivity index (χ3n) is 3.15. The number of nitrogens with two attached hydrogens (primary N) is 1. The molecular formula is C13H19NO. The summed E-state index contributed by atoms with van der Waals surface area (Å²) < 4.78 is 5.50. The summed E-state index contributed by atoms with van der Waals surface area (Å²) in [7, 11) is 0. The van der Waals surface area contributed by atoms with Gasteiger partial charge in [-0.05, 0) is 61.9 Å². The lowest BCUT2D eigenvalue weighted by Gasteiger charge is -2.23. The minimum atomic E-state index is 0.676. The molecule has 0 saturated carbocycles. The van der Waals surface area contributed by atoms with Crippen molar-refractivity contribution in [1.29, 1.82) is 0 Å². The maximum atomic E-state index is 5.71. The first-order chi connectivity index (χ1) is 7.33. The van der Waals surface area contributed by atoms with E-state index in [1.165, 1.54) is 17.5 Å². The maximum Gasteiger partial charge on any atom is 0.119 e. The molecule has 82 valence electrons. The van der Waals surface area contributed by atoms with Gasteiger partial charge in [0.25, 0.3) is 0 Å². The Morgan fingerprint density at radius 1 is 1.40 bits per heavy atom. The third-order valence-corrected chi connectivity index (χ3v) is 3.15. The third kappa shape index (κ3) is 2.32. The number of ether oxygens (including phenoxy) is 1. The van der Waals surface area contributed by atoms with Crippen molar-refractivity contribution in [1.82, 2.24) is 0 Å². The summed E-state index contributed by atoms with van der Waals surface area (Å²) in [6.45, 7) is 3.57. The van der Waals surface area contributed by atoms with E-state index in [2.05, 4.69) is 18.2 Å². The Morgan fingerprint density at radius 3 is 3.00 bits per heavy atom. The molecule has 1 aromatic rings. The molecule has 0 aliphatic heterocycles. The Balaban J connectivity index is 2.17. The van der Waals surface area contributed by atoms with E-state index in [1.54, 1.807) is 0 Å². The number of hydrogen-bond acceptors (Lipinski definition) is 2. The second-order valence-electron chi connectivity index (χ2n) is 4.21. The van der Waals surface area contributed by atoms with Crippen LogP contribution in [0.5, 0.6) is 5.75 Å². The molecule has 0 radical (unpaired) electrons. The first kappa shape index (κ1) is 10.5. The van der Waals surface area contributed by atoms with E-state index < -0.39 is 0 Å². The van der Waals surface area contributed by atoms with E-state index in [0.717, 1.165) is 31.7 Å². The van der Waals surface area contributed by atoms with Crippen LogP contribution in [0.1, 0.15) is 24.5 Å². The van der Waals surface area contributed by atoms with Crippen molar-refractivity contribution in [3.8, 4) is 5.75 Å². The van der Waals surface area contributed by atoms with Gasteiger partial charge in [0.1, 0.15) is 5.75 Å². The molecular weight excluding hydrogens is 186 g/mol. The summed E-state index contributed by atoms with van der Waals surface area (Å²) in [6, 6.07) is 6.45. The summed E-state index contributed by atoms with van der Waals surface area (Å²) >= 11 is 0. The molecule has 0 aromatic heterocycles. The van der Waals surface area contributed by atoms with Crippen LogP contribution < -0.4 is 10.5 Å². The van der Waals surface area contributed by atoms with Crippen LogP contribution in [0.25, 0.3) is 0 Å². The van der Waals surface area contributed by atoms with Crippen LogP contribution in [0.4, 0.5) is 0 Å². The fraction of sp³-hybridized carbons (Fsp3) is 0.538. The van der Waals surface area contributed by atoms with Crippen molar-refractivity contribution in [3.05, 3.63) is 29.3 Å². The Bertz CT molecular complexity index is 335. The molecule has 2 heteroatoms. The number of benzene rings is 1. The van der Waals surface area contributed by atoms with Crippen molar-refractivity contribution >= 4 is 0 Å². The molecule has 15 heavy (non-hydrogen) atoms. The van der Waals surface area contributed by atoms with Gasteiger partial charge in [0.05, 0.1) is 6.61 Å². The van der Waals surface area contributed by atoms with Crippen molar-refractivity contribution in [2.45, 2.75) is 26.2 Å². The van der Waals surface area contributed by atoms with Crippen LogP contribution in [0.3, 0.4) is 0 Å². The van der Waals surface area contributed by atoms with Gasteiger partial charge in [-0.3, -0.25) is 0 Å². The first-order valence-electron chi connectivity index (χ1n) is 5.78. The number of rotatable bonds is 3. The SMILES string of the molecule is CCOc1ccc2c(c1)CCC(CN)C2. The largest absolute Gasteiger partial charge is 0.494 e. The first-order valence-corrected chi connectivity index (χ1v) is 5.78. The van der Waals surface area contributed by atoms with Gasteiger partial charge in [-0.15, -0.1) is 0 Å². The standard InChI is InChI=1S/C13H19NO/c1-2-15-13-6-5-11-7-10(9-14)3-4-12(11)8-13/h5-6,8,10H,2-4,7,9,14H2,1H3. The van der Waals surface area contributed by atoms with Gasteiger partial charge in [0.15, 0.2) is 0 Å². The van der Waals surface area contributed by atoms with Gasteiger partial charge >= 0.3 is 0 Å². The summed E-state index contributed by atoms with van der Waals surface area (Å²) in [5, 5.41) is 0. The number of hydrogen-bond donors (Lipinski definition) is 1. The molecule has 0 heterocycles. The highest BCUT2D eigenvalue weighted by Crippen LogP contribution is 2.28. The Morgan fingerprint density at radius 2 is 2.27 bits per heavy atom. The normalized spacial score (nSPS) is 19.7. The second-order valence-corrected chi connectivity index (χ2v) is 4.21. The average Bonchev–Trinajstić information content (AvgIpc) is 2.29. The van der Waals surface area contributed by atoms with E-state index >= 15 is 0 Å². The molecule has 2 rings (SSSR count). The highest BCUT2D eigenvalue weighted by atomic mass is 16.5. The fourth-order valence-electron chi connectivity index (χ4n) is 2.26. The van der Waals surface area contributed by atoms with Crippen LogP contribution in [0.15, 0.2) is 18.2 Å². The van der Waals surface area contributed by atoms with Crippen LogP contribution in [0, 0.1) is 5.92 Å². The minimum absolute atomic E-state index is 0.676. The lowest BCUT2D eigenvalue weighted by atomic mass is 9.84. The van der Waals surface area contributed by atoms with E-state index in [-0.39, 0.29) is 0 Å². The molecule has 1 atom stereocenters. The molecule has 1 aromatic carbocycles. The van der Waals surface area contributed by atoms with Crippen molar-refractivity contribution in [2.24, 2.45) is 11.7 Å². The van der Waals surface area contributed by atoms with Gasteiger partial charge in [-0.1, -0.05) is 6.07 Å². The fourth-order valence-corrected chi connectivity index (χ4v) is 2.26. The molecule has 1 aliphatic rings. The lowest BCUT2D eigenvalue weighted by molar-refractivity contribution is 0.339. The monoisotopic (exact) mass is 205 g/mol. The molecule has 1 unspecified atom stereocenters. The predicted octanol–water partition coefficient (Wildman–Crippen LogP) is 2.15. The highest BCUT2D eigenvalue weighted by molar-refractivity contribution is 5.37. The predicted molar refractivity (Wildman–Crippen MR) is 62.2 cm³/mol. The Labute approximate surface area is 91.4 Å². The zero-order valence-electron chi connectivity index (χ0n) is 9.33. The number of aryl methyl sites for hydroxylation is 1. The summed E-state index contributed by atoms with van der Waals surface area (Å²) in [5.74, 6) is 1.68. The van der Waals surface area contributed by atoms with Gasteiger partial charge in [-0.25, -0.2) is 0 Å². The molecule has 0 saturated heterocycles. The van der Waals surface area contributed by atoms with Crippen LogP contribution in [0.2, 0.25) is 0 Å². The van der Waals surface area contributed by atoms with E-state index in [9.17, 15) is 0 Å². The Kier molecular flexibility index (Phi) is 3.27. The molecule has 2 N–H and O–H groups in total. The molecule has 0 spiro atoms. The molecule has 2 nitrogen and oxygen atoms in total. The topological polar surface area (TPSA) is 35.2 Å². The van der Waals surface area contributed by atoms with Crippen LogP contribution >= 0.6 is 0 Å². The average molecular weight is 205 g/mol. The highest BCUT2D eigenvalue weighted by Gasteiger charge is 2.17. The van der Waals surface area contributed by atoms with E-state index in [0.29, 0.717) is 5.92 Å². The number of fused-ring (bicyclic) bond motifs is 1. The van der Waals surface area contributed by atoms with E-state index in [4.69, 9.17) is 10.5 Å². The lowest BCUT2D eigenvalue weighted by Crippen LogP contribution is -2.22. The van der Waals surface area contributed by atoms with Crippen LogP contribution in [-0.2, 0) is 12.8 Å². The summed E-state index contributed by atoms with van der Waals surface area (Å²) in [6.07, 6.45) is 3.51. The molecule has 0 fully saturated rings. The van der Waals surface area contributed by atoms with E-state index in [1.807, 2.05) is 6.92 Å². The zero-order chi connectivity index (χ0) is 10.7. The van der Waals surface area contributed by atoms with Crippen LogP contribution in [-0.4, -0.2) is 13.2 Å². The van der Waals surface area contributed by atoms with Gasteiger partial charge in [0, 0.05) is 0 Å². The minimum Gasteiger partial charge on any atom is -0.494 e. The van der Waals surface area contributed by atoms with Gasteiger partial charge < -0.3 is 10.5 Å². The Hall–Kier alpha value is -1.02. The van der Waals surface area contributed by atoms with Gasteiger partial charge in [0.2, 0.25) is 0 Å². The smallest absolute Gasteiger partial charge is 0.119 e. The summed E-state index contributed by atoms with van der Waals surface area (Å²) in [5.41, 5.74) is 8.62. The van der Waals surface area contributed by atoms with Gasteiger partial charge in [-0.2, -0.15) is 0 Å². The maximum absolute atomic E-state index is 5.71. The quantitative estimate of drug-likeness (QED) is 0.820. The second kappa shape index (κ2) is 4.67.